The lowest BCUT2D eigenvalue weighted by Crippen LogP contribution is -2.21. The van der Waals surface area contributed by atoms with Crippen LogP contribution in [0.1, 0.15) is 27.0 Å². The van der Waals surface area contributed by atoms with Gasteiger partial charge in [0.25, 0.3) is 5.91 Å². The highest BCUT2D eigenvalue weighted by atomic mass is 35.5. The summed E-state index contributed by atoms with van der Waals surface area (Å²) >= 11 is 49.9. The van der Waals surface area contributed by atoms with Gasteiger partial charge in [-0.1, -0.05) is 92.8 Å². The quantitative estimate of drug-likeness (QED) is 0.220. The molecule has 0 radical (unpaired) electrons. The highest BCUT2D eigenvalue weighted by Crippen LogP contribution is 2.45. The Morgan fingerprint density at radius 2 is 1.26 bits per heavy atom. The minimum atomic E-state index is -0.477. The van der Waals surface area contributed by atoms with Gasteiger partial charge in [0.2, 0.25) is 0 Å². The summed E-state index contributed by atoms with van der Waals surface area (Å²) in [6.07, 6.45) is 0. The molecule has 2 heterocycles. The van der Waals surface area contributed by atoms with Gasteiger partial charge in [-0.2, -0.15) is 0 Å². The molecule has 5 nitrogen and oxygen atoms in total. The van der Waals surface area contributed by atoms with Gasteiger partial charge in [0.05, 0.1) is 63.5 Å². The molecular formula is C22H8Cl8N4O. The Hall–Kier alpha value is -1.41. The van der Waals surface area contributed by atoms with E-state index in [1.54, 1.807) is 24.3 Å². The average Bonchev–Trinajstić information content (AvgIpc) is 3.40. The summed E-state index contributed by atoms with van der Waals surface area (Å²) in [5.41, 5.74) is 2.93. The van der Waals surface area contributed by atoms with Crippen molar-refractivity contribution in [1.29, 1.82) is 0 Å². The van der Waals surface area contributed by atoms with E-state index in [0.29, 0.717) is 39.9 Å². The number of amides is 1. The van der Waals surface area contributed by atoms with Crippen LogP contribution in [0.3, 0.4) is 0 Å². The van der Waals surface area contributed by atoms with Crippen molar-refractivity contribution in [3.05, 3.63) is 86.7 Å². The molecule has 0 spiro atoms. The topological polar surface area (TPSA) is 65.8 Å². The average molecular weight is 628 g/mol. The van der Waals surface area contributed by atoms with Crippen molar-refractivity contribution in [3.63, 3.8) is 0 Å². The maximum atomic E-state index is 12.4. The Kier molecular flexibility index (Phi) is 6.83. The Bertz CT molecular complexity index is 1520. The molecule has 0 saturated carbocycles. The molecule has 5 rings (SSSR count). The SMILES string of the molecule is O=C1NC(=Nc2ccc(NC3=NCc4c(Cl)c(Cl)c(Cl)c(Cl)c43)cc2)c2c(Cl)c(Cl)c(Cl)c(Cl)c21. The number of anilines is 1. The van der Waals surface area contributed by atoms with E-state index in [-0.39, 0.29) is 52.1 Å². The molecule has 2 N–H and O–H groups in total. The van der Waals surface area contributed by atoms with Crippen molar-refractivity contribution in [2.24, 2.45) is 9.98 Å². The molecule has 2 aliphatic heterocycles. The summed E-state index contributed by atoms with van der Waals surface area (Å²) in [6, 6.07) is 7.00. The highest BCUT2D eigenvalue weighted by molar-refractivity contribution is 6.55. The number of carbonyl (C=O) groups is 1. The van der Waals surface area contributed by atoms with Crippen LogP contribution in [-0.2, 0) is 6.54 Å². The Morgan fingerprint density at radius 1 is 0.714 bits per heavy atom. The third-order valence-corrected chi connectivity index (χ3v) is 8.97. The van der Waals surface area contributed by atoms with Gasteiger partial charge in [0.1, 0.15) is 11.7 Å². The summed E-state index contributed by atoms with van der Waals surface area (Å²) < 4.78 is 0. The van der Waals surface area contributed by atoms with Gasteiger partial charge in [0, 0.05) is 16.8 Å². The molecule has 0 aliphatic carbocycles. The van der Waals surface area contributed by atoms with Crippen molar-refractivity contribution in [2.75, 3.05) is 5.32 Å². The van der Waals surface area contributed by atoms with Gasteiger partial charge in [-0.05, 0) is 24.3 Å². The number of nitrogens with zero attached hydrogens (tertiary/aromatic N) is 2. The zero-order valence-corrected chi connectivity index (χ0v) is 22.9. The van der Waals surface area contributed by atoms with Gasteiger partial charge in [-0.15, -0.1) is 0 Å². The first-order valence-electron chi connectivity index (χ1n) is 9.63. The normalized spacial score (nSPS) is 15.3. The fraction of sp³-hybridized carbons (Fsp3) is 0.0455. The molecular weight excluding hydrogens is 620 g/mol. The van der Waals surface area contributed by atoms with Crippen LogP contribution < -0.4 is 10.6 Å². The van der Waals surface area contributed by atoms with Crippen LogP contribution in [0.5, 0.6) is 0 Å². The zero-order chi connectivity index (χ0) is 25.2. The highest BCUT2D eigenvalue weighted by Gasteiger charge is 2.34. The third-order valence-electron chi connectivity index (χ3n) is 5.33. The summed E-state index contributed by atoms with van der Waals surface area (Å²) in [6.45, 7) is 0.313. The molecule has 2 aliphatic rings. The molecule has 0 aromatic heterocycles. The number of nitrogens with one attached hydrogen (secondary N) is 2. The zero-order valence-electron chi connectivity index (χ0n) is 16.8. The van der Waals surface area contributed by atoms with E-state index in [0.717, 1.165) is 0 Å². The van der Waals surface area contributed by atoms with Crippen LogP contribution in [0.4, 0.5) is 11.4 Å². The second-order valence-corrected chi connectivity index (χ2v) is 10.4. The van der Waals surface area contributed by atoms with Crippen LogP contribution in [0.2, 0.25) is 40.2 Å². The predicted octanol–water partition coefficient (Wildman–Crippen LogP) is 9.11. The molecule has 35 heavy (non-hydrogen) atoms. The fourth-order valence-corrected chi connectivity index (χ4v) is 5.75. The number of hydrogen-bond acceptors (Lipinski definition) is 4. The Balaban J connectivity index is 1.44. The third kappa shape index (κ3) is 4.16. The van der Waals surface area contributed by atoms with E-state index in [9.17, 15) is 4.79 Å². The number of hydrogen-bond donors (Lipinski definition) is 2. The monoisotopic (exact) mass is 624 g/mol. The second-order valence-electron chi connectivity index (χ2n) is 7.37. The number of benzene rings is 3. The van der Waals surface area contributed by atoms with E-state index >= 15 is 0 Å². The summed E-state index contributed by atoms with van der Waals surface area (Å²) in [4.78, 5) is 21.4. The lowest BCUT2D eigenvalue weighted by Gasteiger charge is -2.13. The van der Waals surface area contributed by atoms with Crippen LogP contribution in [0.15, 0.2) is 34.3 Å². The standard InChI is InChI=1S/C22H8Cl8N4O/c23-12-8-5-31-20(9(8)13(24)17(28)16(12)27)32-6-1-3-7(4-2-6)33-21-10-11(22(35)34-21)15(26)19(30)18(29)14(10)25/h1-4H,5H2,(H,31,32)(H,33,34,35). The van der Waals surface area contributed by atoms with Gasteiger partial charge < -0.3 is 10.6 Å². The van der Waals surface area contributed by atoms with Gasteiger partial charge in [-0.25, -0.2) is 4.99 Å². The number of halogens is 8. The molecule has 3 aromatic rings. The van der Waals surface area contributed by atoms with Crippen molar-refractivity contribution >= 4 is 122 Å². The van der Waals surface area contributed by atoms with Crippen LogP contribution >= 0.6 is 92.8 Å². The number of rotatable bonds is 2. The molecule has 178 valence electrons. The second kappa shape index (κ2) is 9.47. The van der Waals surface area contributed by atoms with Crippen molar-refractivity contribution in [3.8, 4) is 0 Å². The lowest BCUT2D eigenvalue weighted by molar-refractivity contribution is 0.0983. The molecule has 1 amide bonds. The summed E-state index contributed by atoms with van der Waals surface area (Å²) in [5, 5.41) is 6.94. The van der Waals surface area contributed by atoms with Crippen LogP contribution in [-0.4, -0.2) is 17.6 Å². The largest absolute Gasteiger partial charge is 0.340 e. The number of amidine groups is 2. The van der Waals surface area contributed by atoms with Crippen LogP contribution in [0.25, 0.3) is 0 Å². The fourth-order valence-electron chi connectivity index (χ4n) is 3.68. The van der Waals surface area contributed by atoms with Crippen molar-refractivity contribution in [2.45, 2.75) is 6.54 Å². The minimum absolute atomic E-state index is 0.00487. The molecule has 0 saturated heterocycles. The maximum absolute atomic E-state index is 12.4. The van der Waals surface area contributed by atoms with E-state index in [1.165, 1.54) is 0 Å². The van der Waals surface area contributed by atoms with Gasteiger partial charge >= 0.3 is 0 Å². The van der Waals surface area contributed by atoms with Crippen LogP contribution in [0, 0.1) is 0 Å². The first kappa shape index (κ1) is 25.2. The smallest absolute Gasteiger partial charge is 0.259 e. The number of aliphatic imine (C=N–C) groups is 2. The number of fused-ring (bicyclic) bond motifs is 2. The Labute approximate surface area is 238 Å². The van der Waals surface area contributed by atoms with Crippen molar-refractivity contribution < 1.29 is 4.79 Å². The lowest BCUT2D eigenvalue weighted by atomic mass is 10.1. The molecule has 0 unspecified atom stereocenters. The number of carbonyl (C=O) groups excluding carboxylic acids is 1. The van der Waals surface area contributed by atoms with Crippen molar-refractivity contribution in [1.82, 2.24) is 5.32 Å². The first-order chi connectivity index (χ1) is 16.6. The van der Waals surface area contributed by atoms with E-state index in [2.05, 4.69) is 20.6 Å². The molecule has 13 heteroatoms. The van der Waals surface area contributed by atoms with E-state index < -0.39 is 5.91 Å². The van der Waals surface area contributed by atoms with E-state index in [4.69, 9.17) is 92.8 Å². The molecule has 0 atom stereocenters. The summed E-state index contributed by atoms with van der Waals surface area (Å²) in [5.74, 6) is 0.238. The van der Waals surface area contributed by atoms with Gasteiger partial charge in [-0.3, -0.25) is 9.79 Å². The Morgan fingerprint density at radius 3 is 1.89 bits per heavy atom. The first-order valence-corrected chi connectivity index (χ1v) is 12.7. The summed E-state index contributed by atoms with van der Waals surface area (Å²) in [7, 11) is 0. The molecule has 3 aromatic carbocycles. The van der Waals surface area contributed by atoms with Gasteiger partial charge in [0.15, 0.2) is 0 Å². The molecule has 0 fully saturated rings. The molecule has 0 bridgehead atoms. The minimum Gasteiger partial charge on any atom is -0.340 e. The predicted molar refractivity (Wildman–Crippen MR) is 147 cm³/mol. The maximum Gasteiger partial charge on any atom is 0.259 e. The van der Waals surface area contributed by atoms with E-state index in [1.807, 2.05) is 0 Å².